The van der Waals surface area contributed by atoms with Gasteiger partial charge >= 0.3 is 0 Å². The average molecular weight is 244 g/mol. The third-order valence-corrected chi connectivity index (χ3v) is 2.55. The van der Waals surface area contributed by atoms with Crippen molar-refractivity contribution in [2.45, 2.75) is 38.6 Å². The number of rotatable bonds is 3. The summed E-state index contributed by atoms with van der Waals surface area (Å²) in [5.41, 5.74) is 8.38. The quantitative estimate of drug-likeness (QED) is 0.856. The largest absolute Gasteiger partial charge is 0.395 e. The van der Waals surface area contributed by atoms with Gasteiger partial charge in [0.25, 0.3) is 0 Å². The van der Waals surface area contributed by atoms with E-state index in [4.69, 9.17) is 10.8 Å². The molecule has 1 aromatic carbocycles. The third-order valence-electron chi connectivity index (χ3n) is 2.55. The number of aliphatic hydroxyl groups is 1. The summed E-state index contributed by atoms with van der Waals surface area (Å²) in [7, 11) is 0. The van der Waals surface area contributed by atoms with Crippen LogP contribution >= 0.6 is 12.4 Å². The maximum atomic E-state index is 8.85. The zero-order valence-corrected chi connectivity index (χ0v) is 11.1. The Morgan fingerprint density at radius 2 is 1.69 bits per heavy atom. The van der Waals surface area contributed by atoms with Crippen molar-refractivity contribution in [2.75, 3.05) is 6.61 Å². The van der Waals surface area contributed by atoms with Crippen LogP contribution in [-0.4, -0.2) is 17.8 Å². The molecule has 3 heteroatoms. The van der Waals surface area contributed by atoms with Crippen molar-refractivity contribution in [3.8, 4) is 0 Å². The van der Waals surface area contributed by atoms with Crippen molar-refractivity contribution in [3.05, 3.63) is 35.4 Å². The van der Waals surface area contributed by atoms with Gasteiger partial charge in [0.15, 0.2) is 0 Å². The van der Waals surface area contributed by atoms with E-state index in [9.17, 15) is 0 Å². The molecule has 0 saturated carbocycles. The second-order valence-electron chi connectivity index (χ2n) is 5.09. The van der Waals surface area contributed by atoms with E-state index in [2.05, 4.69) is 45.0 Å². The van der Waals surface area contributed by atoms with Crippen LogP contribution in [0.2, 0.25) is 0 Å². The molecular weight excluding hydrogens is 222 g/mol. The predicted molar refractivity (Wildman–Crippen MR) is 71.2 cm³/mol. The van der Waals surface area contributed by atoms with Gasteiger partial charge in [0.2, 0.25) is 0 Å². The molecule has 0 spiro atoms. The van der Waals surface area contributed by atoms with Crippen molar-refractivity contribution in [2.24, 2.45) is 5.73 Å². The van der Waals surface area contributed by atoms with Crippen molar-refractivity contribution in [3.63, 3.8) is 0 Å². The first-order chi connectivity index (χ1) is 6.93. The lowest BCUT2D eigenvalue weighted by molar-refractivity contribution is 0.265. The number of hydrogen-bond acceptors (Lipinski definition) is 2. The van der Waals surface area contributed by atoms with Gasteiger partial charge in [-0.1, -0.05) is 45.0 Å². The summed E-state index contributed by atoms with van der Waals surface area (Å²) in [5.74, 6) is 0. The highest BCUT2D eigenvalue weighted by Crippen LogP contribution is 2.22. The summed E-state index contributed by atoms with van der Waals surface area (Å²) in [4.78, 5) is 0. The van der Waals surface area contributed by atoms with Crippen molar-refractivity contribution in [1.82, 2.24) is 0 Å². The summed E-state index contributed by atoms with van der Waals surface area (Å²) >= 11 is 0. The molecule has 1 rings (SSSR count). The monoisotopic (exact) mass is 243 g/mol. The minimum Gasteiger partial charge on any atom is -0.395 e. The molecule has 0 heterocycles. The molecule has 0 saturated heterocycles. The van der Waals surface area contributed by atoms with Gasteiger partial charge < -0.3 is 10.8 Å². The Morgan fingerprint density at radius 1 is 1.19 bits per heavy atom. The Balaban J connectivity index is 0.00000225. The van der Waals surface area contributed by atoms with Crippen LogP contribution in [0.25, 0.3) is 0 Å². The molecule has 0 bridgehead atoms. The third kappa shape index (κ3) is 4.52. The molecule has 0 radical (unpaired) electrons. The van der Waals surface area contributed by atoms with Gasteiger partial charge in [-0.3, -0.25) is 0 Å². The zero-order chi connectivity index (χ0) is 11.5. The fraction of sp³-hybridized carbons (Fsp3) is 0.538. The number of aliphatic hydroxyl groups excluding tert-OH is 1. The fourth-order valence-electron chi connectivity index (χ4n) is 1.51. The van der Waals surface area contributed by atoms with E-state index in [1.165, 1.54) is 11.1 Å². The molecule has 0 aliphatic heterocycles. The lowest BCUT2D eigenvalue weighted by Gasteiger charge is -2.19. The summed E-state index contributed by atoms with van der Waals surface area (Å²) < 4.78 is 0. The van der Waals surface area contributed by atoms with E-state index in [0.29, 0.717) is 0 Å². The van der Waals surface area contributed by atoms with E-state index in [1.54, 1.807) is 0 Å². The Morgan fingerprint density at radius 3 is 2.06 bits per heavy atom. The van der Waals surface area contributed by atoms with Gasteiger partial charge in [0.05, 0.1) is 6.61 Å². The zero-order valence-electron chi connectivity index (χ0n) is 10.2. The highest BCUT2D eigenvalue weighted by molar-refractivity contribution is 5.85. The SMILES string of the molecule is CC(C)(C)c1ccc(C[C@H](N)CO)cc1.Cl. The van der Waals surface area contributed by atoms with E-state index < -0.39 is 0 Å². The van der Waals surface area contributed by atoms with Crippen LogP contribution in [0.3, 0.4) is 0 Å². The molecule has 0 amide bonds. The van der Waals surface area contributed by atoms with Crippen LogP contribution < -0.4 is 5.73 Å². The molecule has 1 atom stereocenters. The molecule has 0 aliphatic carbocycles. The minimum absolute atomic E-state index is 0. The van der Waals surface area contributed by atoms with Crippen LogP contribution in [0.4, 0.5) is 0 Å². The second-order valence-corrected chi connectivity index (χ2v) is 5.09. The van der Waals surface area contributed by atoms with Gasteiger partial charge in [0.1, 0.15) is 0 Å². The van der Waals surface area contributed by atoms with E-state index in [0.717, 1.165) is 6.42 Å². The van der Waals surface area contributed by atoms with Gasteiger partial charge in [-0.25, -0.2) is 0 Å². The molecule has 2 nitrogen and oxygen atoms in total. The molecule has 0 aromatic heterocycles. The van der Waals surface area contributed by atoms with Gasteiger partial charge in [-0.2, -0.15) is 0 Å². The predicted octanol–water partition coefficient (Wildman–Crippen LogP) is 2.27. The Bertz CT molecular complexity index is 303. The van der Waals surface area contributed by atoms with Crippen molar-refractivity contribution >= 4 is 12.4 Å². The summed E-state index contributed by atoms with van der Waals surface area (Å²) in [5, 5.41) is 8.85. The Hall–Kier alpha value is -0.570. The first-order valence-corrected chi connectivity index (χ1v) is 5.39. The first kappa shape index (κ1) is 15.4. The summed E-state index contributed by atoms with van der Waals surface area (Å²) in [6.07, 6.45) is 0.737. The average Bonchev–Trinajstić information content (AvgIpc) is 2.17. The van der Waals surface area contributed by atoms with E-state index >= 15 is 0 Å². The van der Waals surface area contributed by atoms with Gasteiger partial charge in [-0.15, -0.1) is 12.4 Å². The molecule has 16 heavy (non-hydrogen) atoms. The summed E-state index contributed by atoms with van der Waals surface area (Å²) in [6.45, 7) is 6.63. The standard InChI is InChI=1S/C13H21NO.ClH/c1-13(2,3)11-6-4-10(5-7-11)8-12(14)9-15;/h4-7,12,15H,8-9,14H2,1-3H3;1H/t12-;/m0./s1. The van der Waals surface area contributed by atoms with E-state index in [1.807, 2.05) is 0 Å². The number of benzene rings is 1. The van der Waals surface area contributed by atoms with Crippen LogP contribution in [0.1, 0.15) is 31.9 Å². The minimum atomic E-state index is -0.148. The molecule has 0 fully saturated rings. The molecular formula is C13H22ClNO. The number of hydrogen-bond donors (Lipinski definition) is 2. The Kier molecular flexibility index (Phi) is 6.01. The smallest absolute Gasteiger partial charge is 0.0585 e. The molecule has 0 unspecified atom stereocenters. The highest BCUT2D eigenvalue weighted by atomic mass is 35.5. The second kappa shape index (κ2) is 6.24. The normalized spacial score (nSPS) is 13.1. The number of halogens is 1. The molecule has 92 valence electrons. The van der Waals surface area contributed by atoms with Crippen molar-refractivity contribution < 1.29 is 5.11 Å². The lowest BCUT2D eigenvalue weighted by atomic mass is 9.86. The first-order valence-electron chi connectivity index (χ1n) is 5.39. The van der Waals surface area contributed by atoms with Crippen LogP contribution in [-0.2, 0) is 11.8 Å². The molecule has 3 N–H and O–H groups in total. The number of nitrogens with two attached hydrogens (primary N) is 1. The summed E-state index contributed by atoms with van der Waals surface area (Å²) in [6, 6.07) is 8.32. The topological polar surface area (TPSA) is 46.2 Å². The van der Waals surface area contributed by atoms with Crippen LogP contribution in [0.5, 0.6) is 0 Å². The van der Waals surface area contributed by atoms with Gasteiger partial charge in [-0.05, 0) is 23.0 Å². The highest BCUT2D eigenvalue weighted by Gasteiger charge is 2.13. The lowest BCUT2D eigenvalue weighted by Crippen LogP contribution is -2.26. The van der Waals surface area contributed by atoms with E-state index in [-0.39, 0.29) is 30.5 Å². The van der Waals surface area contributed by atoms with Gasteiger partial charge in [0, 0.05) is 6.04 Å². The maximum Gasteiger partial charge on any atom is 0.0585 e. The van der Waals surface area contributed by atoms with Crippen LogP contribution in [0.15, 0.2) is 24.3 Å². The molecule has 1 aromatic rings. The van der Waals surface area contributed by atoms with Crippen LogP contribution in [0, 0.1) is 0 Å². The van der Waals surface area contributed by atoms with Crippen molar-refractivity contribution in [1.29, 1.82) is 0 Å². The fourth-order valence-corrected chi connectivity index (χ4v) is 1.51. The molecule has 0 aliphatic rings. The Labute approximate surface area is 104 Å². The maximum absolute atomic E-state index is 8.85.